The number of ether oxygens (including phenoxy) is 2. The molecule has 0 spiro atoms. The number of carbonyl (C=O) groups is 1. The number of hydrogen-bond acceptors (Lipinski definition) is 5. The number of halogens is 2. The first-order chi connectivity index (χ1) is 18.6. The summed E-state index contributed by atoms with van der Waals surface area (Å²) < 4.78 is 25.9. The zero-order valence-corrected chi connectivity index (χ0v) is 22.4. The molecule has 1 amide bonds. The normalized spacial score (nSPS) is 18.7. The standard InChI is InChI=1S/C30H30BrFN2O4/c31-26-12-5-4-11-25(26)27-30(29(36)33-19-18-32,17-6-10-22-8-2-1-3-9-22)34-28(38-27)23-13-15-24(16-14-23)37-21-7-20-35/h1-6,8-16,27,35H,7,17-21H2,(H,33,36)/b10-6+/t27-,30-/m1/s1. The highest BCUT2D eigenvalue weighted by molar-refractivity contribution is 9.10. The summed E-state index contributed by atoms with van der Waals surface area (Å²) in [5.41, 5.74) is 1.07. The van der Waals surface area contributed by atoms with E-state index in [1.165, 1.54) is 0 Å². The maximum atomic E-state index is 13.7. The van der Waals surface area contributed by atoms with E-state index >= 15 is 0 Å². The Balaban J connectivity index is 1.73. The summed E-state index contributed by atoms with van der Waals surface area (Å²) >= 11 is 3.61. The fourth-order valence-corrected chi connectivity index (χ4v) is 4.73. The number of rotatable bonds is 12. The van der Waals surface area contributed by atoms with Crippen LogP contribution >= 0.6 is 15.9 Å². The van der Waals surface area contributed by atoms with Gasteiger partial charge >= 0.3 is 0 Å². The van der Waals surface area contributed by atoms with Crippen LogP contribution in [0.25, 0.3) is 6.08 Å². The number of nitrogens with zero attached hydrogens (tertiary/aromatic N) is 1. The molecular formula is C30H30BrFN2O4. The van der Waals surface area contributed by atoms with Crippen molar-refractivity contribution in [3.8, 4) is 5.75 Å². The Labute approximate surface area is 230 Å². The van der Waals surface area contributed by atoms with Gasteiger partial charge in [0.05, 0.1) is 6.61 Å². The summed E-state index contributed by atoms with van der Waals surface area (Å²) in [4.78, 5) is 18.6. The third kappa shape index (κ3) is 6.49. The van der Waals surface area contributed by atoms with E-state index in [1.54, 1.807) is 12.1 Å². The van der Waals surface area contributed by atoms with Crippen LogP contribution in [0.4, 0.5) is 4.39 Å². The lowest BCUT2D eigenvalue weighted by molar-refractivity contribution is -0.128. The van der Waals surface area contributed by atoms with Crippen molar-refractivity contribution in [2.45, 2.75) is 24.5 Å². The summed E-state index contributed by atoms with van der Waals surface area (Å²) in [5, 5.41) is 11.7. The van der Waals surface area contributed by atoms with Crippen molar-refractivity contribution in [3.05, 3.63) is 106 Å². The molecule has 0 aliphatic carbocycles. The van der Waals surface area contributed by atoms with Crippen molar-refractivity contribution in [2.24, 2.45) is 4.99 Å². The predicted molar refractivity (Wildman–Crippen MR) is 150 cm³/mol. The average molecular weight is 581 g/mol. The van der Waals surface area contributed by atoms with E-state index in [0.717, 1.165) is 15.6 Å². The second kappa shape index (κ2) is 13.3. The zero-order valence-electron chi connectivity index (χ0n) is 20.9. The molecule has 6 nitrogen and oxygen atoms in total. The molecule has 0 saturated carbocycles. The van der Waals surface area contributed by atoms with Gasteiger partial charge in [-0.25, -0.2) is 9.38 Å². The molecule has 1 aliphatic rings. The summed E-state index contributed by atoms with van der Waals surface area (Å²) in [6.45, 7) is -0.333. The molecule has 2 N–H and O–H groups in total. The van der Waals surface area contributed by atoms with Gasteiger partial charge in [-0.1, -0.05) is 76.6 Å². The minimum atomic E-state index is -1.37. The fraction of sp³-hybridized carbons (Fsp3) is 0.267. The van der Waals surface area contributed by atoms with Crippen LogP contribution in [0.1, 0.15) is 35.6 Å². The number of carbonyl (C=O) groups excluding carboxylic acids is 1. The van der Waals surface area contributed by atoms with Crippen molar-refractivity contribution in [3.63, 3.8) is 0 Å². The second-order valence-corrected chi connectivity index (χ2v) is 9.63. The first kappa shape index (κ1) is 27.5. The van der Waals surface area contributed by atoms with E-state index in [9.17, 15) is 9.18 Å². The second-order valence-electron chi connectivity index (χ2n) is 8.77. The Hall–Kier alpha value is -3.49. The summed E-state index contributed by atoms with van der Waals surface area (Å²) in [5.74, 6) is 0.560. The highest BCUT2D eigenvalue weighted by Crippen LogP contribution is 2.45. The molecule has 3 aromatic carbocycles. The largest absolute Gasteiger partial charge is 0.494 e. The molecule has 4 rings (SSSR count). The van der Waals surface area contributed by atoms with Gasteiger partial charge in [0, 0.05) is 41.6 Å². The highest BCUT2D eigenvalue weighted by atomic mass is 79.9. The first-order valence-corrected chi connectivity index (χ1v) is 13.3. The lowest BCUT2D eigenvalue weighted by Gasteiger charge is -2.30. The van der Waals surface area contributed by atoms with Gasteiger partial charge in [-0.15, -0.1) is 0 Å². The van der Waals surface area contributed by atoms with Gasteiger partial charge in [-0.3, -0.25) is 4.79 Å². The molecular weight excluding hydrogens is 551 g/mol. The molecule has 2 atom stereocenters. The van der Waals surface area contributed by atoms with Gasteiger partial charge in [-0.2, -0.15) is 0 Å². The van der Waals surface area contributed by atoms with Crippen LogP contribution in [0.5, 0.6) is 5.75 Å². The lowest BCUT2D eigenvalue weighted by Crippen LogP contribution is -2.48. The summed E-state index contributed by atoms with van der Waals surface area (Å²) in [6.07, 6.45) is 3.86. The zero-order chi connectivity index (χ0) is 26.8. The van der Waals surface area contributed by atoms with Gasteiger partial charge < -0.3 is 19.9 Å². The maximum Gasteiger partial charge on any atom is 0.252 e. The Kier molecular flexibility index (Phi) is 9.67. The van der Waals surface area contributed by atoms with Crippen molar-refractivity contribution in [1.29, 1.82) is 0 Å². The molecule has 0 saturated heterocycles. The molecule has 0 radical (unpaired) electrons. The molecule has 0 unspecified atom stereocenters. The van der Waals surface area contributed by atoms with Crippen molar-refractivity contribution >= 4 is 33.8 Å². The number of amides is 1. The molecule has 1 aliphatic heterocycles. The average Bonchev–Trinajstić information content (AvgIpc) is 3.33. The van der Waals surface area contributed by atoms with Crippen molar-refractivity contribution in [2.75, 3.05) is 26.4 Å². The third-order valence-corrected chi connectivity index (χ3v) is 6.86. The predicted octanol–water partition coefficient (Wildman–Crippen LogP) is 5.66. The first-order valence-electron chi connectivity index (χ1n) is 12.5. The van der Waals surface area contributed by atoms with E-state index in [2.05, 4.69) is 21.2 Å². The number of hydrogen-bond donors (Lipinski definition) is 2. The van der Waals surface area contributed by atoms with Crippen LogP contribution < -0.4 is 10.1 Å². The fourth-order valence-electron chi connectivity index (χ4n) is 4.23. The minimum Gasteiger partial charge on any atom is -0.494 e. The summed E-state index contributed by atoms with van der Waals surface area (Å²) in [6, 6.07) is 24.6. The van der Waals surface area contributed by atoms with E-state index in [0.29, 0.717) is 30.2 Å². The van der Waals surface area contributed by atoms with E-state index in [-0.39, 0.29) is 19.6 Å². The van der Waals surface area contributed by atoms with Crippen LogP contribution in [0.2, 0.25) is 0 Å². The van der Waals surface area contributed by atoms with Gasteiger partial charge in [0.15, 0.2) is 11.6 Å². The third-order valence-electron chi connectivity index (χ3n) is 6.14. The number of alkyl halides is 1. The number of aliphatic imine (C=N–C) groups is 1. The van der Waals surface area contributed by atoms with Gasteiger partial charge in [-0.05, 0) is 35.9 Å². The van der Waals surface area contributed by atoms with Crippen molar-refractivity contribution in [1.82, 2.24) is 5.32 Å². The smallest absolute Gasteiger partial charge is 0.252 e. The van der Waals surface area contributed by atoms with Crippen LogP contribution in [0.3, 0.4) is 0 Å². The number of aliphatic hydroxyl groups is 1. The molecule has 1 heterocycles. The molecule has 8 heteroatoms. The number of nitrogens with one attached hydrogen (secondary N) is 1. The van der Waals surface area contributed by atoms with Gasteiger partial charge in [0.25, 0.3) is 5.91 Å². The molecule has 0 bridgehead atoms. The molecule has 198 valence electrons. The van der Waals surface area contributed by atoms with E-state index in [4.69, 9.17) is 19.6 Å². The van der Waals surface area contributed by atoms with Crippen LogP contribution in [-0.4, -0.2) is 48.9 Å². The Morgan fingerprint density at radius 2 is 1.84 bits per heavy atom. The maximum absolute atomic E-state index is 13.7. The van der Waals surface area contributed by atoms with Gasteiger partial charge in [0.2, 0.25) is 5.90 Å². The van der Waals surface area contributed by atoms with Crippen LogP contribution in [-0.2, 0) is 9.53 Å². The van der Waals surface area contributed by atoms with Gasteiger partial charge in [0.1, 0.15) is 12.4 Å². The summed E-state index contributed by atoms with van der Waals surface area (Å²) in [7, 11) is 0. The lowest BCUT2D eigenvalue weighted by atomic mass is 9.84. The molecule has 3 aromatic rings. The van der Waals surface area contributed by atoms with Crippen LogP contribution in [0, 0.1) is 0 Å². The number of aliphatic hydroxyl groups excluding tert-OH is 1. The molecule has 0 fully saturated rings. The van der Waals surface area contributed by atoms with E-state index < -0.39 is 24.2 Å². The number of benzene rings is 3. The molecule has 0 aromatic heterocycles. The Morgan fingerprint density at radius 1 is 1.11 bits per heavy atom. The Morgan fingerprint density at radius 3 is 2.55 bits per heavy atom. The quantitative estimate of drug-likeness (QED) is 0.271. The SMILES string of the molecule is O=C(NCCF)[C@]1(C/C=C/c2ccccc2)N=C(c2ccc(OCCCO)cc2)O[C@@H]1c1ccccc1Br. The molecule has 38 heavy (non-hydrogen) atoms. The van der Waals surface area contributed by atoms with E-state index in [1.807, 2.05) is 78.9 Å². The monoisotopic (exact) mass is 580 g/mol. The Bertz CT molecular complexity index is 1270. The van der Waals surface area contributed by atoms with Crippen molar-refractivity contribution < 1.29 is 23.8 Å². The van der Waals surface area contributed by atoms with Crippen LogP contribution in [0.15, 0.2) is 94.4 Å². The highest BCUT2D eigenvalue weighted by Gasteiger charge is 2.53. The minimum absolute atomic E-state index is 0.0600. The topological polar surface area (TPSA) is 80.2 Å².